The van der Waals surface area contributed by atoms with E-state index in [0.717, 1.165) is 23.2 Å². The van der Waals surface area contributed by atoms with E-state index in [0.29, 0.717) is 0 Å². The van der Waals surface area contributed by atoms with Crippen molar-refractivity contribution < 1.29 is 0 Å². The molecule has 0 spiro atoms. The Morgan fingerprint density at radius 2 is 1.94 bits per heavy atom. The lowest BCUT2D eigenvalue weighted by molar-refractivity contribution is 0.479. The SMILES string of the molecule is S=C(SCc1ccccc1)N1CCSCC1. The van der Waals surface area contributed by atoms with Crippen LogP contribution in [0.5, 0.6) is 0 Å². The molecule has 0 unspecified atom stereocenters. The zero-order valence-corrected chi connectivity index (χ0v) is 11.5. The molecule has 1 heterocycles. The molecule has 1 fully saturated rings. The molecule has 1 aliphatic heterocycles. The van der Waals surface area contributed by atoms with Gasteiger partial charge in [-0.05, 0) is 5.56 Å². The van der Waals surface area contributed by atoms with E-state index in [1.807, 2.05) is 17.8 Å². The molecular formula is C12H15NS3. The Bertz CT molecular complexity index is 333. The lowest BCUT2D eigenvalue weighted by atomic mass is 10.2. The second kappa shape index (κ2) is 6.52. The molecule has 0 N–H and O–H groups in total. The van der Waals surface area contributed by atoms with E-state index in [1.54, 1.807) is 11.8 Å². The zero-order chi connectivity index (χ0) is 11.2. The highest BCUT2D eigenvalue weighted by atomic mass is 32.2. The Labute approximate surface area is 111 Å². The molecule has 0 aliphatic carbocycles. The van der Waals surface area contributed by atoms with Gasteiger partial charge in [0.15, 0.2) is 0 Å². The fraction of sp³-hybridized carbons (Fsp3) is 0.417. The molecule has 2 rings (SSSR count). The van der Waals surface area contributed by atoms with E-state index in [4.69, 9.17) is 12.2 Å². The summed E-state index contributed by atoms with van der Waals surface area (Å²) in [5, 5.41) is 0. The van der Waals surface area contributed by atoms with E-state index in [-0.39, 0.29) is 0 Å². The normalized spacial score (nSPS) is 16.1. The molecule has 1 aliphatic rings. The first-order valence-corrected chi connectivity index (χ1v) is 7.94. The van der Waals surface area contributed by atoms with Crippen LogP contribution in [0.15, 0.2) is 30.3 Å². The smallest absolute Gasteiger partial charge is 0.136 e. The first-order chi connectivity index (χ1) is 7.86. The monoisotopic (exact) mass is 269 g/mol. The summed E-state index contributed by atoms with van der Waals surface area (Å²) in [5.74, 6) is 3.42. The van der Waals surface area contributed by atoms with Crippen LogP contribution in [0.4, 0.5) is 0 Å². The maximum Gasteiger partial charge on any atom is 0.136 e. The summed E-state index contributed by atoms with van der Waals surface area (Å²) in [6, 6.07) is 10.5. The first-order valence-electron chi connectivity index (χ1n) is 5.39. The number of thioether (sulfide) groups is 2. The average molecular weight is 269 g/mol. The van der Waals surface area contributed by atoms with Crippen LogP contribution < -0.4 is 0 Å². The minimum atomic E-state index is 0.989. The summed E-state index contributed by atoms with van der Waals surface area (Å²) < 4.78 is 1.06. The predicted molar refractivity (Wildman–Crippen MR) is 79.2 cm³/mol. The predicted octanol–water partition coefficient (Wildman–Crippen LogP) is 3.25. The Hall–Kier alpha value is -0.190. The highest BCUT2D eigenvalue weighted by Crippen LogP contribution is 2.19. The summed E-state index contributed by atoms with van der Waals surface area (Å²) in [7, 11) is 0. The molecule has 1 nitrogen and oxygen atoms in total. The lowest BCUT2D eigenvalue weighted by Gasteiger charge is -2.28. The molecule has 1 aromatic carbocycles. The van der Waals surface area contributed by atoms with Gasteiger partial charge in [-0.2, -0.15) is 11.8 Å². The Morgan fingerprint density at radius 1 is 1.25 bits per heavy atom. The third kappa shape index (κ3) is 3.68. The van der Waals surface area contributed by atoms with Crippen molar-refractivity contribution in [2.45, 2.75) is 5.75 Å². The largest absolute Gasteiger partial charge is 0.356 e. The average Bonchev–Trinajstić information content (AvgIpc) is 2.38. The second-order valence-electron chi connectivity index (χ2n) is 3.64. The molecule has 0 radical (unpaired) electrons. The fourth-order valence-electron chi connectivity index (χ4n) is 1.56. The molecule has 16 heavy (non-hydrogen) atoms. The molecule has 0 saturated carbocycles. The molecule has 0 amide bonds. The molecule has 4 heteroatoms. The van der Waals surface area contributed by atoms with E-state index in [9.17, 15) is 0 Å². The molecule has 1 aromatic rings. The highest BCUT2D eigenvalue weighted by Gasteiger charge is 2.13. The number of benzene rings is 1. The van der Waals surface area contributed by atoms with Crippen LogP contribution in [-0.4, -0.2) is 33.8 Å². The van der Waals surface area contributed by atoms with Gasteiger partial charge in [-0.3, -0.25) is 0 Å². The van der Waals surface area contributed by atoms with Crippen molar-refractivity contribution in [1.29, 1.82) is 0 Å². The number of hydrogen-bond donors (Lipinski definition) is 0. The van der Waals surface area contributed by atoms with E-state index >= 15 is 0 Å². The van der Waals surface area contributed by atoms with E-state index in [1.165, 1.54) is 17.1 Å². The van der Waals surface area contributed by atoms with Crippen molar-refractivity contribution in [2.24, 2.45) is 0 Å². The summed E-state index contributed by atoms with van der Waals surface area (Å²) in [6.45, 7) is 2.23. The summed E-state index contributed by atoms with van der Waals surface area (Å²) in [4.78, 5) is 2.33. The molecule has 86 valence electrons. The topological polar surface area (TPSA) is 3.24 Å². The highest BCUT2D eigenvalue weighted by molar-refractivity contribution is 8.22. The van der Waals surface area contributed by atoms with Crippen molar-refractivity contribution in [3.05, 3.63) is 35.9 Å². The summed E-state index contributed by atoms with van der Waals surface area (Å²) in [6.07, 6.45) is 0. The van der Waals surface area contributed by atoms with Gasteiger partial charge in [0.05, 0.1) is 0 Å². The number of hydrogen-bond acceptors (Lipinski definition) is 3. The van der Waals surface area contributed by atoms with E-state index < -0.39 is 0 Å². The summed E-state index contributed by atoms with van der Waals surface area (Å²) >= 11 is 9.26. The Balaban J connectivity index is 1.79. The third-order valence-electron chi connectivity index (χ3n) is 2.47. The quantitative estimate of drug-likeness (QED) is 0.758. The van der Waals surface area contributed by atoms with Crippen molar-refractivity contribution in [3.8, 4) is 0 Å². The van der Waals surface area contributed by atoms with Gasteiger partial charge in [-0.15, -0.1) is 0 Å². The van der Waals surface area contributed by atoms with Crippen LogP contribution in [0, 0.1) is 0 Å². The van der Waals surface area contributed by atoms with Gasteiger partial charge in [0, 0.05) is 30.3 Å². The van der Waals surface area contributed by atoms with Crippen LogP contribution in [0.1, 0.15) is 5.56 Å². The molecule has 0 atom stereocenters. The standard InChI is InChI=1S/C12H15NS3/c14-12(13-6-8-15-9-7-13)16-10-11-4-2-1-3-5-11/h1-5H,6-10H2. The number of nitrogens with zero attached hydrogens (tertiary/aromatic N) is 1. The van der Waals surface area contributed by atoms with Gasteiger partial charge >= 0.3 is 0 Å². The van der Waals surface area contributed by atoms with Gasteiger partial charge in [0.2, 0.25) is 0 Å². The van der Waals surface area contributed by atoms with Crippen LogP contribution in [-0.2, 0) is 5.75 Å². The lowest BCUT2D eigenvalue weighted by Crippen LogP contribution is -2.35. The third-order valence-corrected chi connectivity index (χ3v) is 5.01. The van der Waals surface area contributed by atoms with Crippen molar-refractivity contribution in [1.82, 2.24) is 4.90 Å². The van der Waals surface area contributed by atoms with Gasteiger partial charge in [0.25, 0.3) is 0 Å². The van der Waals surface area contributed by atoms with Crippen molar-refractivity contribution in [2.75, 3.05) is 24.6 Å². The van der Waals surface area contributed by atoms with Crippen molar-refractivity contribution in [3.63, 3.8) is 0 Å². The Morgan fingerprint density at radius 3 is 2.62 bits per heavy atom. The molecule has 0 aromatic heterocycles. The van der Waals surface area contributed by atoms with Gasteiger partial charge < -0.3 is 4.90 Å². The van der Waals surface area contributed by atoms with Gasteiger partial charge in [-0.1, -0.05) is 54.3 Å². The number of rotatable bonds is 2. The molecular weight excluding hydrogens is 254 g/mol. The maximum absolute atomic E-state index is 5.45. The zero-order valence-electron chi connectivity index (χ0n) is 9.09. The first kappa shape index (κ1) is 12.3. The minimum Gasteiger partial charge on any atom is -0.356 e. The van der Waals surface area contributed by atoms with Crippen LogP contribution in [0.3, 0.4) is 0 Å². The van der Waals surface area contributed by atoms with Gasteiger partial charge in [0.1, 0.15) is 4.32 Å². The Kier molecular flexibility index (Phi) is 5.00. The number of thiocarbonyl (C=S) groups is 1. The fourth-order valence-corrected chi connectivity index (χ4v) is 3.67. The minimum absolute atomic E-state index is 0.989. The van der Waals surface area contributed by atoms with Crippen LogP contribution >= 0.6 is 35.7 Å². The van der Waals surface area contributed by atoms with E-state index in [2.05, 4.69) is 29.2 Å². The molecule has 1 saturated heterocycles. The van der Waals surface area contributed by atoms with Crippen LogP contribution in [0.25, 0.3) is 0 Å². The summed E-state index contributed by atoms with van der Waals surface area (Å²) in [5.41, 5.74) is 1.35. The van der Waals surface area contributed by atoms with Crippen molar-refractivity contribution >= 4 is 40.1 Å². The maximum atomic E-state index is 5.45. The second-order valence-corrected chi connectivity index (χ2v) is 6.47. The van der Waals surface area contributed by atoms with Crippen LogP contribution in [0.2, 0.25) is 0 Å². The molecule has 0 bridgehead atoms. The van der Waals surface area contributed by atoms with Gasteiger partial charge in [-0.25, -0.2) is 0 Å².